The number of rotatable bonds is 44. The minimum atomic E-state index is -0.887. The highest BCUT2D eigenvalue weighted by Gasteiger charge is 2.31. The molecule has 0 aliphatic heterocycles. The summed E-state index contributed by atoms with van der Waals surface area (Å²) in [7, 11) is 5.51. The van der Waals surface area contributed by atoms with Crippen LogP contribution in [0.4, 0.5) is 0 Å². The van der Waals surface area contributed by atoms with Crippen molar-refractivity contribution in [2.75, 3.05) is 41.0 Å². The molecule has 65 heavy (non-hydrogen) atoms. The molecule has 1 N–H and O–H groups in total. The van der Waals surface area contributed by atoms with Crippen LogP contribution < -0.4 is 0 Å². The third kappa shape index (κ3) is 45.0. The van der Waals surface area contributed by atoms with Crippen LogP contribution in [0.3, 0.4) is 0 Å². The molecule has 0 bridgehead atoms. The third-order valence-electron chi connectivity index (χ3n) is 10.7. The Morgan fingerprint density at radius 2 is 0.923 bits per heavy atom. The van der Waals surface area contributed by atoms with E-state index < -0.39 is 18.1 Å². The minimum absolute atomic E-state index is 0.0363. The van der Waals surface area contributed by atoms with Gasteiger partial charge in [-0.05, 0) is 89.9 Å². The lowest BCUT2D eigenvalue weighted by Crippen LogP contribution is -2.50. The number of aliphatic carboxylic acids is 1. The topological polar surface area (TPSA) is 99.1 Å². The van der Waals surface area contributed by atoms with Crippen molar-refractivity contribution in [1.29, 1.82) is 0 Å². The molecule has 0 saturated carbocycles. The van der Waals surface area contributed by atoms with Crippen LogP contribution in [0.25, 0.3) is 0 Å². The largest absolute Gasteiger partial charge is 0.477 e. The number of carboxylic acid groups (broad SMARTS) is 1. The Balaban J connectivity index is 4.39. The molecule has 2 unspecified atom stereocenters. The van der Waals surface area contributed by atoms with Gasteiger partial charge in [-0.3, -0.25) is 9.59 Å². The first-order chi connectivity index (χ1) is 31.6. The molecule has 0 rings (SSSR count). The van der Waals surface area contributed by atoms with Gasteiger partial charge in [0.15, 0.2) is 12.1 Å². The second-order valence-electron chi connectivity index (χ2n) is 17.7. The van der Waals surface area contributed by atoms with E-state index in [1.165, 1.54) is 32.1 Å². The van der Waals surface area contributed by atoms with E-state index in [1.807, 2.05) is 21.1 Å². The number of unbranched alkanes of at least 4 members (excludes halogenated alkanes) is 14. The summed E-state index contributed by atoms with van der Waals surface area (Å²) in [4.78, 5) is 37.2. The highest BCUT2D eigenvalue weighted by Crippen LogP contribution is 2.13. The molecule has 0 heterocycles. The normalized spacial score (nSPS) is 13.8. The number of hydrogen-bond donors (Lipinski definition) is 1. The number of carbonyl (C=O) groups excluding carboxylic acids is 2. The third-order valence-corrected chi connectivity index (χ3v) is 10.7. The van der Waals surface area contributed by atoms with E-state index in [1.54, 1.807) is 0 Å². The van der Waals surface area contributed by atoms with Crippen LogP contribution in [-0.4, -0.2) is 80.6 Å². The van der Waals surface area contributed by atoms with E-state index in [0.717, 1.165) is 116 Å². The number of esters is 2. The van der Waals surface area contributed by atoms with Gasteiger partial charge in [-0.25, -0.2) is 4.79 Å². The highest BCUT2D eigenvalue weighted by atomic mass is 16.6. The first kappa shape index (κ1) is 61.0. The predicted octanol–water partition coefficient (Wildman–Crippen LogP) is 14.8. The molecular weight excluding hydrogens is 811 g/mol. The SMILES string of the molecule is CC/C=C/C/C=C/C/C=C/C/C=C/C/C=C/C/C=C/CCCCCCC(=O)OC(COCCC(C(=O)O)[N+](C)(C)C)COC(=O)CCCCCCC/C=C/C=C/C=C/CCCCCCC. The Labute approximate surface area is 398 Å². The Morgan fingerprint density at radius 3 is 1.40 bits per heavy atom. The molecule has 0 aliphatic rings. The number of allylic oxidation sites excluding steroid dienone is 18. The van der Waals surface area contributed by atoms with Crippen LogP contribution in [-0.2, 0) is 28.6 Å². The van der Waals surface area contributed by atoms with Crippen molar-refractivity contribution in [3.63, 3.8) is 0 Å². The van der Waals surface area contributed by atoms with E-state index in [-0.39, 0.29) is 42.7 Å². The fourth-order valence-electron chi connectivity index (χ4n) is 6.80. The molecule has 0 aromatic rings. The fourth-order valence-corrected chi connectivity index (χ4v) is 6.80. The predicted molar refractivity (Wildman–Crippen MR) is 275 cm³/mol. The Kier molecular flexibility index (Phi) is 43.6. The van der Waals surface area contributed by atoms with E-state index >= 15 is 0 Å². The molecule has 0 aromatic heterocycles. The van der Waals surface area contributed by atoms with Crippen molar-refractivity contribution in [3.8, 4) is 0 Å². The van der Waals surface area contributed by atoms with E-state index in [9.17, 15) is 19.5 Å². The Morgan fingerprint density at radius 1 is 0.492 bits per heavy atom. The van der Waals surface area contributed by atoms with Crippen LogP contribution in [0.5, 0.6) is 0 Å². The van der Waals surface area contributed by atoms with Crippen molar-refractivity contribution in [1.82, 2.24) is 0 Å². The van der Waals surface area contributed by atoms with Gasteiger partial charge in [0, 0.05) is 19.3 Å². The minimum Gasteiger partial charge on any atom is -0.477 e. The molecule has 8 heteroatoms. The zero-order valence-corrected chi connectivity index (χ0v) is 41.9. The second kappa shape index (κ2) is 46.5. The lowest BCUT2D eigenvalue weighted by Gasteiger charge is -2.31. The van der Waals surface area contributed by atoms with Crippen LogP contribution in [0.2, 0.25) is 0 Å². The van der Waals surface area contributed by atoms with Gasteiger partial charge in [0.2, 0.25) is 0 Å². The van der Waals surface area contributed by atoms with Gasteiger partial charge in [-0.2, -0.15) is 0 Å². The molecule has 0 saturated heterocycles. The van der Waals surface area contributed by atoms with Crippen molar-refractivity contribution >= 4 is 17.9 Å². The smallest absolute Gasteiger partial charge is 0.362 e. The van der Waals surface area contributed by atoms with Crippen LogP contribution in [0, 0.1) is 0 Å². The van der Waals surface area contributed by atoms with Crippen LogP contribution in [0.15, 0.2) is 109 Å². The summed E-state index contributed by atoms with van der Waals surface area (Å²) in [6.07, 6.45) is 64.2. The molecule has 0 radical (unpaired) electrons. The number of nitrogens with zero attached hydrogens (tertiary/aromatic N) is 1. The standard InChI is InChI=1S/C57H93NO7/c1-6-8-10-12-14-16-18-20-22-24-26-27-28-29-30-32-34-36-38-40-42-44-46-48-56(60)65-53(51-63-50-49-54(57(61)62)58(3,4)5)52-64-55(59)47-45-43-41-39-37-35-33-31-25-23-21-19-17-15-13-11-9-7-2/h8,10,14,16,19-23,25-27,29-31,33-34,36,53-54H,6-7,9,11-13,15,17-18,24,28,32,35,37-52H2,1-5H3/p+1/b10-8+,16-14+,21-19+,22-20+,25-23+,27-26+,30-29+,33-31+,36-34+. The van der Waals surface area contributed by atoms with Gasteiger partial charge in [0.05, 0.1) is 34.4 Å². The molecule has 0 fully saturated rings. The van der Waals surface area contributed by atoms with Gasteiger partial charge in [0.1, 0.15) is 6.61 Å². The molecule has 0 spiro atoms. The zero-order valence-electron chi connectivity index (χ0n) is 41.9. The maximum Gasteiger partial charge on any atom is 0.362 e. The number of carboxylic acids is 1. The maximum absolute atomic E-state index is 12.8. The molecule has 0 aromatic carbocycles. The average molecular weight is 905 g/mol. The molecule has 0 aliphatic carbocycles. The van der Waals surface area contributed by atoms with E-state index in [0.29, 0.717) is 12.8 Å². The van der Waals surface area contributed by atoms with E-state index in [2.05, 4.69) is 123 Å². The van der Waals surface area contributed by atoms with Crippen LogP contribution >= 0.6 is 0 Å². The van der Waals surface area contributed by atoms with Crippen molar-refractivity contribution < 1.29 is 38.2 Å². The van der Waals surface area contributed by atoms with Gasteiger partial charge in [-0.15, -0.1) is 0 Å². The fraction of sp³-hybridized carbons (Fsp3) is 0.632. The summed E-state index contributed by atoms with van der Waals surface area (Å²) in [6, 6.07) is -0.631. The number of hydrogen-bond acceptors (Lipinski definition) is 6. The number of quaternary nitrogens is 1. The van der Waals surface area contributed by atoms with E-state index in [4.69, 9.17) is 14.2 Å². The quantitative estimate of drug-likeness (QED) is 0.0214. The summed E-state index contributed by atoms with van der Waals surface area (Å²) < 4.78 is 17.3. The van der Waals surface area contributed by atoms with Gasteiger partial charge < -0.3 is 23.8 Å². The lowest BCUT2D eigenvalue weighted by atomic mass is 10.1. The zero-order chi connectivity index (χ0) is 47.7. The first-order valence-electron chi connectivity index (χ1n) is 25.5. The Bertz CT molecular complexity index is 1420. The van der Waals surface area contributed by atoms with Gasteiger partial charge in [0.25, 0.3) is 0 Å². The monoisotopic (exact) mass is 905 g/mol. The molecule has 8 nitrogen and oxygen atoms in total. The summed E-state index contributed by atoms with van der Waals surface area (Å²) >= 11 is 0. The van der Waals surface area contributed by atoms with Crippen molar-refractivity contribution in [3.05, 3.63) is 109 Å². The second-order valence-corrected chi connectivity index (χ2v) is 17.7. The van der Waals surface area contributed by atoms with Gasteiger partial charge in [-0.1, -0.05) is 181 Å². The first-order valence-corrected chi connectivity index (χ1v) is 25.5. The highest BCUT2D eigenvalue weighted by molar-refractivity contribution is 5.72. The summed E-state index contributed by atoms with van der Waals surface area (Å²) in [5, 5.41) is 9.65. The summed E-state index contributed by atoms with van der Waals surface area (Å²) in [5.74, 6) is -1.54. The van der Waals surface area contributed by atoms with Gasteiger partial charge >= 0.3 is 17.9 Å². The Hall–Kier alpha value is -4.01. The number of carbonyl (C=O) groups is 3. The maximum atomic E-state index is 12.8. The van der Waals surface area contributed by atoms with Crippen LogP contribution in [0.1, 0.15) is 181 Å². The summed E-state index contributed by atoms with van der Waals surface area (Å²) in [5.41, 5.74) is 0. The molecule has 2 atom stereocenters. The average Bonchev–Trinajstić information content (AvgIpc) is 3.27. The number of likely N-dealkylation sites (N-methyl/N-ethyl adjacent to an activating group) is 1. The summed E-state index contributed by atoms with van der Waals surface area (Å²) in [6.45, 7) is 4.54. The molecule has 368 valence electrons. The molecular formula is C57H94NO7+. The van der Waals surface area contributed by atoms with Crippen molar-refractivity contribution in [2.45, 2.75) is 193 Å². The lowest BCUT2D eigenvalue weighted by molar-refractivity contribution is -0.887. The molecule has 0 amide bonds. The van der Waals surface area contributed by atoms with Crippen molar-refractivity contribution in [2.24, 2.45) is 0 Å². The number of ether oxygens (including phenoxy) is 3.